The molecule has 1 saturated heterocycles. The van der Waals surface area contributed by atoms with E-state index in [9.17, 15) is 4.79 Å². The Balaban J connectivity index is 2.41. The molecule has 0 bridgehead atoms. The number of carbonyl (C=O) groups excluding carboxylic acids is 1. The Kier molecular flexibility index (Phi) is 3.92. The summed E-state index contributed by atoms with van der Waals surface area (Å²) in [6.45, 7) is 5.22. The highest BCUT2D eigenvalue weighted by atomic mass is 35.5. The molecule has 0 N–H and O–H groups in total. The van der Waals surface area contributed by atoms with E-state index >= 15 is 0 Å². The molecule has 1 aliphatic rings. The van der Waals surface area contributed by atoms with E-state index in [1.165, 1.54) is 11.8 Å². The molecule has 1 amide bonds. The molecule has 2 heterocycles. The zero-order chi connectivity index (χ0) is 14.2. The zero-order valence-electron chi connectivity index (χ0n) is 11.5. The first-order valence-corrected chi connectivity index (χ1v) is 7.58. The lowest BCUT2D eigenvalue weighted by Gasteiger charge is -2.45. The molecule has 1 fully saturated rings. The van der Waals surface area contributed by atoms with E-state index in [0.29, 0.717) is 22.7 Å². The van der Waals surface area contributed by atoms with Gasteiger partial charge in [-0.3, -0.25) is 4.79 Å². The third-order valence-corrected chi connectivity index (χ3v) is 4.07. The minimum atomic E-state index is -0.625. The number of likely N-dealkylation sites (N-methyl/N-ethyl adjacent to an activating group) is 1. The fourth-order valence-electron chi connectivity index (χ4n) is 2.23. The number of amides is 1. The molecule has 1 aromatic rings. The van der Waals surface area contributed by atoms with Crippen LogP contribution in [-0.2, 0) is 4.79 Å². The van der Waals surface area contributed by atoms with Crippen molar-refractivity contribution in [2.24, 2.45) is 0 Å². The van der Waals surface area contributed by atoms with Crippen LogP contribution in [0.15, 0.2) is 11.2 Å². The summed E-state index contributed by atoms with van der Waals surface area (Å²) in [6, 6.07) is 1.71. The van der Waals surface area contributed by atoms with Crippen molar-refractivity contribution in [3.05, 3.63) is 11.2 Å². The number of anilines is 1. The summed E-state index contributed by atoms with van der Waals surface area (Å²) in [6.07, 6.45) is 1.90. The second-order valence-electron chi connectivity index (χ2n) is 4.97. The molecule has 0 spiro atoms. The van der Waals surface area contributed by atoms with Crippen LogP contribution in [0.3, 0.4) is 0 Å². The van der Waals surface area contributed by atoms with Crippen LogP contribution in [0, 0.1) is 0 Å². The number of nitrogens with zero attached hydrogens (tertiary/aromatic N) is 4. The third-order valence-electron chi connectivity index (χ3n) is 3.32. The molecule has 7 heteroatoms. The highest BCUT2D eigenvalue weighted by Crippen LogP contribution is 2.29. The van der Waals surface area contributed by atoms with Crippen molar-refractivity contribution >= 4 is 35.1 Å². The Bertz CT molecular complexity index is 509. The SMILES string of the molecule is CSc1nc(Cl)cc(N2CCN(C)C(=O)C2(C)C)n1. The molecule has 0 atom stereocenters. The van der Waals surface area contributed by atoms with Crippen LogP contribution in [0.5, 0.6) is 0 Å². The number of carbonyl (C=O) groups is 1. The standard InChI is InChI=1S/C12H17ClN4OS/c1-12(2)10(18)16(3)5-6-17(12)9-7-8(13)14-11(15-9)19-4/h7H,5-6H2,1-4H3. The molecular formula is C12H17ClN4OS. The first-order valence-electron chi connectivity index (χ1n) is 5.98. The van der Waals surface area contributed by atoms with Crippen LogP contribution in [0.2, 0.25) is 5.15 Å². The molecule has 104 valence electrons. The Morgan fingerprint density at radius 1 is 1.37 bits per heavy atom. The minimum absolute atomic E-state index is 0.0826. The van der Waals surface area contributed by atoms with Crippen molar-refractivity contribution in [1.29, 1.82) is 0 Å². The normalized spacial score (nSPS) is 18.9. The Labute approximate surface area is 122 Å². The molecule has 0 aromatic carbocycles. The van der Waals surface area contributed by atoms with Gasteiger partial charge in [-0.05, 0) is 20.1 Å². The smallest absolute Gasteiger partial charge is 0.247 e. The van der Waals surface area contributed by atoms with Crippen molar-refractivity contribution < 1.29 is 4.79 Å². The van der Waals surface area contributed by atoms with Gasteiger partial charge < -0.3 is 9.80 Å². The average Bonchev–Trinajstić information content (AvgIpc) is 2.35. The van der Waals surface area contributed by atoms with Crippen LogP contribution in [0.4, 0.5) is 5.82 Å². The predicted octanol–water partition coefficient (Wildman–Crippen LogP) is 1.91. The number of thioether (sulfide) groups is 1. The summed E-state index contributed by atoms with van der Waals surface area (Å²) in [5.41, 5.74) is -0.625. The molecule has 0 aliphatic carbocycles. The second kappa shape index (κ2) is 5.17. The summed E-state index contributed by atoms with van der Waals surface area (Å²) in [5, 5.41) is 1.02. The summed E-state index contributed by atoms with van der Waals surface area (Å²) in [4.78, 5) is 24.6. The van der Waals surface area contributed by atoms with Crippen LogP contribution < -0.4 is 4.90 Å². The van der Waals surface area contributed by atoms with Gasteiger partial charge in [-0.1, -0.05) is 23.4 Å². The van der Waals surface area contributed by atoms with E-state index in [2.05, 4.69) is 9.97 Å². The summed E-state index contributed by atoms with van der Waals surface area (Å²) < 4.78 is 0. The summed E-state index contributed by atoms with van der Waals surface area (Å²) >= 11 is 7.45. The number of rotatable bonds is 2. The Hall–Kier alpha value is -1.01. The molecule has 0 radical (unpaired) electrons. The fraction of sp³-hybridized carbons (Fsp3) is 0.583. The molecule has 1 aromatic heterocycles. The van der Waals surface area contributed by atoms with Gasteiger partial charge in [0.05, 0.1) is 0 Å². The lowest BCUT2D eigenvalue weighted by molar-refractivity contribution is -0.136. The van der Waals surface area contributed by atoms with Crippen LogP contribution in [0.1, 0.15) is 13.8 Å². The molecule has 1 aliphatic heterocycles. The van der Waals surface area contributed by atoms with Crippen LogP contribution >= 0.6 is 23.4 Å². The van der Waals surface area contributed by atoms with Gasteiger partial charge in [0.2, 0.25) is 5.91 Å². The van der Waals surface area contributed by atoms with Crippen molar-refractivity contribution in [2.75, 3.05) is 31.3 Å². The summed E-state index contributed by atoms with van der Waals surface area (Å²) in [7, 11) is 1.82. The van der Waals surface area contributed by atoms with E-state index < -0.39 is 5.54 Å². The highest BCUT2D eigenvalue weighted by molar-refractivity contribution is 7.98. The van der Waals surface area contributed by atoms with E-state index in [0.717, 1.165) is 6.54 Å². The van der Waals surface area contributed by atoms with Gasteiger partial charge in [0, 0.05) is 26.2 Å². The van der Waals surface area contributed by atoms with Gasteiger partial charge in [0.1, 0.15) is 16.5 Å². The zero-order valence-corrected chi connectivity index (χ0v) is 13.0. The third kappa shape index (κ3) is 2.65. The largest absolute Gasteiger partial charge is 0.342 e. The van der Waals surface area contributed by atoms with E-state index in [4.69, 9.17) is 11.6 Å². The Morgan fingerprint density at radius 2 is 2.05 bits per heavy atom. The van der Waals surface area contributed by atoms with Gasteiger partial charge >= 0.3 is 0 Å². The van der Waals surface area contributed by atoms with E-state index in [1.54, 1.807) is 11.0 Å². The minimum Gasteiger partial charge on any atom is -0.342 e. The van der Waals surface area contributed by atoms with Gasteiger partial charge in [-0.2, -0.15) is 0 Å². The molecule has 0 unspecified atom stereocenters. The van der Waals surface area contributed by atoms with Gasteiger partial charge in [-0.15, -0.1) is 0 Å². The van der Waals surface area contributed by atoms with E-state index in [1.807, 2.05) is 32.1 Å². The molecule has 0 saturated carbocycles. The second-order valence-corrected chi connectivity index (χ2v) is 6.13. The number of piperazine rings is 1. The first-order chi connectivity index (χ1) is 8.86. The van der Waals surface area contributed by atoms with Gasteiger partial charge in [0.15, 0.2) is 5.16 Å². The average molecular weight is 301 g/mol. The highest BCUT2D eigenvalue weighted by Gasteiger charge is 2.41. The first kappa shape index (κ1) is 14.4. The van der Waals surface area contributed by atoms with Crippen molar-refractivity contribution in [3.63, 3.8) is 0 Å². The summed E-state index contributed by atoms with van der Waals surface area (Å²) in [5.74, 6) is 0.787. The Morgan fingerprint density at radius 3 is 2.68 bits per heavy atom. The van der Waals surface area contributed by atoms with Gasteiger partial charge in [-0.25, -0.2) is 9.97 Å². The van der Waals surface area contributed by atoms with E-state index in [-0.39, 0.29) is 5.91 Å². The maximum Gasteiger partial charge on any atom is 0.247 e. The number of halogens is 1. The molecular weight excluding hydrogens is 284 g/mol. The lowest BCUT2D eigenvalue weighted by Crippen LogP contribution is -2.62. The predicted molar refractivity (Wildman–Crippen MR) is 77.9 cm³/mol. The maximum atomic E-state index is 12.3. The number of hydrogen-bond donors (Lipinski definition) is 0. The topological polar surface area (TPSA) is 49.3 Å². The number of hydrogen-bond acceptors (Lipinski definition) is 5. The van der Waals surface area contributed by atoms with Crippen molar-refractivity contribution in [1.82, 2.24) is 14.9 Å². The van der Waals surface area contributed by atoms with Crippen molar-refractivity contribution in [3.8, 4) is 0 Å². The maximum absolute atomic E-state index is 12.3. The monoisotopic (exact) mass is 300 g/mol. The quantitative estimate of drug-likeness (QED) is 0.474. The fourth-order valence-corrected chi connectivity index (χ4v) is 2.83. The number of aromatic nitrogens is 2. The van der Waals surface area contributed by atoms with Crippen LogP contribution in [-0.4, -0.2) is 52.7 Å². The van der Waals surface area contributed by atoms with Crippen LogP contribution in [0.25, 0.3) is 0 Å². The van der Waals surface area contributed by atoms with Gasteiger partial charge in [0.25, 0.3) is 0 Å². The molecule has 5 nitrogen and oxygen atoms in total. The molecule has 19 heavy (non-hydrogen) atoms. The van der Waals surface area contributed by atoms with Crippen molar-refractivity contribution in [2.45, 2.75) is 24.5 Å². The lowest BCUT2D eigenvalue weighted by atomic mass is 9.98. The molecule has 2 rings (SSSR count).